The molecule has 0 unspecified atom stereocenters. The molecule has 0 aliphatic heterocycles. The van der Waals surface area contributed by atoms with Crippen molar-refractivity contribution in [1.82, 2.24) is 5.32 Å². The summed E-state index contributed by atoms with van der Waals surface area (Å²) < 4.78 is 4.85. The summed E-state index contributed by atoms with van der Waals surface area (Å²) in [7, 11) is 0. The summed E-state index contributed by atoms with van der Waals surface area (Å²) in [6.07, 6.45) is 4.25. The van der Waals surface area contributed by atoms with E-state index in [-0.39, 0.29) is 18.9 Å². The van der Waals surface area contributed by atoms with Crippen molar-refractivity contribution < 1.29 is 19.1 Å². The van der Waals surface area contributed by atoms with Crippen molar-refractivity contribution in [2.24, 2.45) is 0 Å². The molecule has 1 aliphatic rings. The molecular formula is C23H28N2O4S. The zero-order valence-electron chi connectivity index (χ0n) is 17.7. The molecule has 2 N–H and O–H groups in total. The Kier molecular flexibility index (Phi) is 7.26. The molecule has 1 aromatic heterocycles. The zero-order chi connectivity index (χ0) is 21.7. The molecule has 2 aromatic rings. The van der Waals surface area contributed by atoms with E-state index in [1.807, 2.05) is 32.0 Å². The molecule has 1 heterocycles. The van der Waals surface area contributed by atoms with Gasteiger partial charge < -0.3 is 10.1 Å². The fraction of sp³-hybridized carbons (Fsp3) is 0.435. The largest absolute Gasteiger partial charge is 0.450 e. The zero-order valence-corrected chi connectivity index (χ0v) is 18.5. The Morgan fingerprint density at radius 3 is 2.60 bits per heavy atom. The number of carbonyl (C=O) groups excluding carboxylic acids is 3. The minimum Gasteiger partial charge on any atom is -0.450 e. The number of imide groups is 1. The second-order valence-electron chi connectivity index (χ2n) is 7.60. The lowest BCUT2D eigenvalue weighted by Gasteiger charge is -2.10. The van der Waals surface area contributed by atoms with Crippen molar-refractivity contribution in [3.8, 4) is 0 Å². The standard InChI is InChI=1S/C23H28N2O4S/c1-4-29-23(28)25-21(27)20-17-8-6-5-7-9-18(17)30-22(20)24-19(26)13-16-11-10-14(2)12-15(16)3/h10-12H,4-9,13H2,1-3H3,(H,24,26)(H,25,27,28). The summed E-state index contributed by atoms with van der Waals surface area (Å²) in [5.74, 6) is -0.696. The monoisotopic (exact) mass is 428 g/mol. The van der Waals surface area contributed by atoms with Crippen LogP contribution in [0.1, 0.15) is 63.7 Å². The number of anilines is 1. The Morgan fingerprint density at radius 1 is 1.10 bits per heavy atom. The van der Waals surface area contributed by atoms with E-state index in [0.29, 0.717) is 10.6 Å². The Labute approximate surface area is 181 Å². The lowest BCUT2D eigenvalue weighted by molar-refractivity contribution is -0.115. The molecule has 3 amide bonds. The number of fused-ring (bicyclic) bond motifs is 1. The highest BCUT2D eigenvalue weighted by Gasteiger charge is 2.27. The first-order valence-electron chi connectivity index (χ1n) is 10.4. The molecule has 0 bridgehead atoms. The minimum absolute atomic E-state index is 0.177. The fourth-order valence-electron chi connectivity index (χ4n) is 3.78. The van der Waals surface area contributed by atoms with Gasteiger partial charge in [0, 0.05) is 4.88 Å². The number of ether oxygens (including phenoxy) is 1. The molecule has 0 radical (unpaired) electrons. The third kappa shape index (κ3) is 5.27. The number of aryl methyl sites for hydroxylation is 3. The first-order chi connectivity index (χ1) is 14.4. The average Bonchev–Trinajstić information content (AvgIpc) is 2.85. The maximum absolute atomic E-state index is 12.9. The Hall–Kier alpha value is -2.67. The summed E-state index contributed by atoms with van der Waals surface area (Å²) in [6, 6.07) is 6.00. The highest BCUT2D eigenvalue weighted by molar-refractivity contribution is 7.17. The molecule has 0 atom stereocenters. The number of rotatable bonds is 5. The van der Waals surface area contributed by atoms with Crippen LogP contribution in [0.4, 0.5) is 9.80 Å². The van der Waals surface area contributed by atoms with E-state index >= 15 is 0 Å². The predicted molar refractivity (Wildman–Crippen MR) is 118 cm³/mol. The molecule has 0 saturated carbocycles. The van der Waals surface area contributed by atoms with Crippen molar-refractivity contribution in [2.75, 3.05) is 11.9 Å². The first kappa shape index (κ1) is 22.0. The van der Waals surface area contributed by atoms with E-state index in [0.717, 1.165) is 59.2 Å². The van der Waals surface area contributed by atoms with Gasteiger partial charge in [-0.1, -0.05) is 30.2 Å². The van der Waals surface area contributed by atoms with E-state index in [9.17, 15) is 14.4 Å². The maximum Gasteiger partial charge on any atom is 0.414 e. The smallest absolute Gasteiger partial charge is 0.414 e. The lowest BCUT2D eigenvalue weighted by Crippen LogP contribution is -2.32. The van der Waals surface area contributed by atoms with Gasteiger partial charge in [-0.25, -0.2) is 4.79 Å². The van der Waals surface area contributed by atoms with E-state index in [4.69, 9.17) is 4.74 Å². The second-order valence-corrected chi connectivity index (χ2v) is 8.70. The van der Waals surface area contributed by atoms with Crippen LogP contribution < -0.4 is 10.6 Å². The van der Waals surface area contributed by atoms with Gasteiger partial charge in [-0.2, -0.15) is 0 Å². The van der Waals surface area contributed by atoms with Crippen LogP contribution in [0.25, 0.3) is 0 Å². The predicted octanol–water partition coefficient (Wildman–Crippen LogP) is 4.70. The molecule has 0 saturated heterocycles. The molecule has 160 valence electrons. The summed E-state index contributed by atoms with van der Waals surface area (Å²) in [6.45, 7) is 5.87. The van der Waals surface area contributed by atoms with E-state index in [1.165, 1.54) is 11.3 Å². The van der Waals surface area contributed by atoms with Gasteiger partial charge in [-0.3, -0.25) is 14.9 Å². The Morgan fingerprint density at radius 2 is 1.87 bits per heavy atom. The highest BCUT2D eigenvalue weighted by Crippen LogP contribution is 2.37. The van der Waals surface area contributed by atoms with Crippen molar-refractivity contribution in [3.63, 3.8) is 0 Å². The molecule has 6 nitrogen and oxygen atoms in total. The molecule has 1 aliphatic carbocycles. The van der Waals surface area contributed by atoms with Crippen LogP contribution >= 0.6 is 11.3 Å². The highest BCUT2D eigenvalue weighted by atomic mass is 32.1. The summed E-state index contributed by atoms with van der Waals surface area (Å²) in [4.78, 5) is 38.5. The number of alkyl carbamates (subject to hydrolysis) is 1. The molecule has 7 heteroatoms. The number of hydrogen-bond donors (Lipinski definition) is 2. The van der Waals surface area contributed by atoms with Crippen LogP contribution in [0, 0.1) is 13.8 Å². The van der Waals surface area contributed by atoms with Gasteiger partial charge in [0.1, 0.15) is 5.00 Å². The number of carbonyl (C=O) groups is 3. The van der Waals surface area contributed by atoms with Crippen molar-refractivity contribution >= 4 is 34.2 Å². The van der Waals surface area contributed by atoms with Crippen LogP contribution in [0.2, 0.25) is 0 Å². The van der Waals surface area contributed by atoms with Crippen molar-refractivity contribution in [2.45, 2.75) is 59.3 Å². The third-order valence-electron chi connectivity index (χ3n) is 5.24. The van der Waals surface area contributed by atoms with E-state index in [1.54, 1.807) is 6.92 Å². The van der Waals surface area contributed by atoms with Gasteiger partial charge in [0.2, 0.25) is 5.91 Å². The number of thiophene rings is 1. The van der Waals surface area contributed by atoms with Gasteiger partial charge in [-0.15, -0.1) is 11.3 Å². The normalized spacial score (nSPS) is 13.2. The van der Waals surface area contributed by atoms with E-state index in [2.05, 4.69) is 10.6 Å². The topological polar surface area (TPSA) is 84.5 Å². The van der Waals surface area contributed by atoms with Crippen LogP contribution in [0.3, 0.4) is 0 Å². The summed E-state index contributed by atoms with van der Waals surface area (Å²) in [5, 5.41) is 5.73. The van der Waals surface area contributed by atoms with Gasteiger partial charge in [0.25, 0.3) is 5.91 Å². The molecule has 3 rings (SSSR count). The second kappa shape index (κ2) is 9.89. The van der Waals surface area contributed by atoms with E-state index < -0.39 is 12.0 Å². The summed E-state index contributed by atoms with van der Waals surface area (Å²) in [5.41, 5.74) is 4.51. The van der Waals surface area contributed by atoms with Gasteiger partial charge in [0.05, 0.1) is 18.6 Å². The Balaban J connectivity index is 1.84. The van der Waals surface area contributed by atoms with Crippen LogP contribution in [0.15, 0.2) is 18.2 Å². The molecule has 1 aromatic carbocycles. The first-order valence-corrected chi connectivity index (χ1v) is 11.2. The number of amides is 3. The Bertz CT molecular complexity index is 964. The lowest BCUT2D eigenvalue weighted by atomic mass is 10.0. The van der Waals surface area contributed by atoms with Crippen LogP contribution in [0.5, 0.6) is 0 Å². The quantitative estimate of drug-likeness (QED) is 0.676. The molecule has 0 spiro atoms. The summed E-state index contributed by atoms with van der Waals surface area (Å²) >= 11 is 1.44. The van der Waals surface area contributed by atoms with Crippen LogP contribution in [-0.4, -0.2) is 24.5 Å². The number of benzene rings is 1. The third-order valence-corrected chi connectivity index (χ3v) is 6.45. The molecule has 0 fully saturated rings. The van der Waals surface area contributed by atoms with Gasteiger partial charge >= 0.3 is 6.09 Å². The number of hydrogen-bond acceptors (Lipinski definition) is 5. The van der Waals surface area contributed by atoms with Crippen molar-refractivity contribution in [1.29, 1.82) is 0 Å². The van der Waals surface area contributed by atoms with Gasteiger partial charge in [0.15, 0.2) is 0 Å². The number of nitrogens with one attached hydrogen (secondary N) is 2. The average molecular weight is 429 g/mol. The maximum atomic E-state index is 12.9. The van der Waals surface area contributed by atoms with Crippen LogP contribution in [-0.2, 0) is 28.8 Å². The fourth-order valence-corrected chi connectivity index (χ4v) is 5.08. The molecular weight excluding hydrogens is 400 g/mol. The minimum atomic E-state index is -0.774. The van der Waals surface area contributed by atoms with Crippen molar-refractivity contribution in [3.05, 3.63) is 50.9 Å². The molecule has 30 heavy (non-hydrogen) atoms. The van der Waals surface area contributed by atoms with Gasteiger partial charge in [-0.05, 0) is 63.1 Å². The SMILES string of the molecule is CCOC(=O)NC(=O)c1c(NC(=O)Cc2ccc(C)cc2C)sc2c1CCCCC2.